The van der Waals surface area contributed by atoms with Crippen molar-refractivity contribution in [2.45, 2.75) is 45.7 Å². The van der Waals surface area contributed by atoms with Gasteiger partial charge in [-0.3, -0.25) is 9.67 Å². The maximum atomic E-state index is 4.89. The molecule has 3 heterocycles. The van der Waals surface area contributed by atoms with Gasteiger partial charge >= 0.3 is 0 Å². The average Bonchev–Trinajstić information content (AvgIpc) is 3.23. The van der Waals surface area contributed by atoms with Gasteiger partial charge in [-0.1, -0.05) is 37.3 Å². The molecule has 2 aromatic carbocycles. The van der Waals surface area contributed by atoms with Crippen molar-refractivity contribution < 1.29 is 0 Å². The van der Waals surface area contributed by atoms with E-state index in [2.05, 4.69) is 93.8 Å². The predicted molar refractivity (Wildman–Crippen MR) is 135 cm³/mol. The SMILES string of the molecule is CCc1nn(C(C)C)c2cc(N3CCN(c4cnccn4)[C@@H](Cc4ccccc4)C3)ccc12. The van der Waals surface area contributed by atoms with Crippen molar-refractivity contribution in [2.24, 2.45) is 0 Å². The molecule has 0 radical (unpaired) electrons. The standard InChI is InChI=1S/C27H32N6/c1-4-25-24-11-10-22(17-26(24)33(30-25)20(2)3)31-14-15-32(27-18-28-12-13-29-27)23(19-31)16-21-8-6-5-7-9-21/h5-13,17-18,20,23H,4,14-16,19H2,1-3H3/t23-/m0/s1. The Kier molecular flexibility index (Phi) is 5.99. The molecule has 4 aromatic rings. The van der Waals surface area contributed by atoms with E-state index in [4.69, 9.17) is 5.10 Å². The summed E-state index contributed by atoms with van der Waals surface area (Å²) in [6.07, 6.45) is 7.33. The molecular weight excluding hydrogens is 408 g/mol. The molecule has 33 heavy (non-hydrogen) atoms. The molecule has 0 aliphatic carbocycles. The monoisotopic (exact) mass is 440 g/mol. The topological polar surface area (TPSA) is 50.1 Å². The number of hydrogen-bond acceptors (Lipinski definition) is 5. The Hall–Kier alpha value is -3.41. The first kappa shape index (κ1) is 21.4. The summed E-state index contributed by atoms with van der Waals surface area (Å²) in [6, 6.07) is 18.3. The number of aryl methyl sites for hydroxylation is 1. The predicted octanol–water partition coefficient (Wildman–Crippen LogP) is 4.91. The van der Waals surface area contributed by atoms with Crippen LogP contribution in [-0.2, 0) is 12.8 Å². The molecule has 5 rings (SSSR count). The number of piperazine rings is 1. The third kappa shape index (κ3) is 4.30. The molecule has 1 aliphatic heterocycles. The van der Waals surface area contributed by atoms with Crippen molar-refractivity contribution in [1.82, 2.24) is 19.7 Å². The molecule has 170 valence electrons. The van der Waals surface area contributed by atoms with Crippen molar-refractivity contribution in [3.63, 3.8) is 0 Å². The van der Waals surface area contributed by atoms with Gasteiger partial charge < -0.3 is 9.80 Å². The van der Waals surface area contributed by atoms with Gasteiger partial charge in [-0.05, 0) is 50.5 Å². The van der Waals surface area contributed by atoms with Crippen molar-refractivity contribution >= 4 is 22.4 Å². The number of nitrogens with zero attached hydrogens (tertiary/aromatic N) is 6. The number of rotatable bonds is 6. The number of anilines is 2. The van der Waals surface area contributed by atoms with Crippen molar-refractivity contribution in [3.8, 4) is 0 Å². The Bertz CT molecular complexity index is 1200. The zero-order valence-corrected chi connectivity index (χ0v) is 19.7. The lowest BCUT2D eigenvalue weighted by molar-refractivity contribution is 0.513. The first-order valence-corrected chi connectivity index (χ1v) is 12.0. The molecule has 0 saturated carbocycles. The van der Waals surface area contributed by atoms with Gasteiger partial charge in [-0.15, -0.1) is 0 Å². The molecule has 1 saturated heterocycles. The second-order valence-electron chi connectivity index (χ2n) is 9.09. The first-order valence-electron chi connectivity index (χ1n) is 12.0. The lowest BCUT2D eigenvalue weighted by Gasteiger charge is -2.43. The summed E-state index contributed by atoms with van der Waals surface area (Å²) < 4.78 is 2.18. The minimum Gasteiger partial charge on any atom is -0.368 e. The van der Waals surface area contributed by atoms with E-state index in [1.807, 2.05) is 6.20 Å². The fraction of sp³-hybridized carbons (Fsp3) is 0.370. The van der Waals surface area contributed by atoms with Gasteiger partial charge in [0.2, 0.25) is 0 Å². The van der Waals surface area contributed by atoms with Crippen LogP contribution in [0.25, 0.3) is 10.9 Å². The maximum absolute atomic E-state index is 4.89. The summed E-state index contributed by atoms with van der Waals surface area (Å²) >= 11 is 0. The summed E-state index contributed by atoms with van der Waals surface area (Å²) in [6.45, 7) is 9.39. The fourth-order valence-corrected chi connectivity index (χ4v) is 4.93. The molecule has 6 nitrogen and oxygen atoms in total. The van der Waals surface area contributed by atoms with Crippen LogP contribution in [0, 0.1) is 0 Å². The number of fused-ring (bicyclic) bond motifs is 1. The van der Waals surface area contributed by atoms with Crippen molar-refractivity contribution in [2.75, 3.05) is 29.4 Å². The molecule has 6 heteroatoms. The largest absolute Gasteiger partial charge is 0.368 e. The lowest BCUT2D eigenvalue weighted by Crippen LogP contribution is -2.54. The van der Waals surface area contributed by atoms with E-state index in [9.17, 15) is 0 Å². The van der Waals surface area contributed by atoms with Crippen LogP contribution in [0.5, 0.6) is 0 Å². The molecule has 0 unspecified atom stereocenters. The molecule has 0 bridgehead atoms. The van der Waals surface area contributed by atoms with Gasteiger partial charge in [-0.25, -0.2) is 4.98 Å². The Morgan fingerprint density at radius 3 is 2.61 bits per heavy atom. The van der Waals surface area contributed by atoms with Gasteiger partial charge in [0.15, 0.2) is 0 Å². The molecule has 0 N–H and O–H groups in total. The van der Waals surface area contributed by atoms with Crippen LogP contribution in [0.2, 0.25) is 0 Å². The molecule has 1 fully saturated rings. The van der Waals surface area contributed by atoms with E-state index in [1.165, 1.54) is 27.8 Å². The highest BCUT2D eigenvalue weighted by atomic mass is 15.3. The molecule has 0 amide bonds. The summed E-state index contributed by atoms with van der Waals surface area (Å²) in [7, 11) is 0. The summed E-state index contributed by atoms with van der Waals surface area (Å²) in [5.74, 6) is 0.957. The first-order chi connectivity index (χ1) is 16.1. The van der Waals surface area contributed by atoms with Gasteiger partial charge in [-0.2, -0.15) is 5.10 Å². The Morgan fingerprint density at radius 2 is 1.88 bits per heavy atom. The second-order valence-corrected chi connectivity index (χ2v) is 9.09. The van der Waals surface area contributed by atoms with Crippen LogP contribution in [-0.4, -0.2) is 45.4 Å². The normalized spacial score (nSPS) is 16.7. The molecule has 1 atom stereocenters. The zero-order valence-electron chi connectivity index (χ0n) is 19.7. The van der Waals surface area contributed by atoms with E-state index in [0.29, 0.717) is 12.1 Å². The average molecular weight is 441 g/mol. The Morgan fingerprint density at radius 1 is 1.03 bits per heavy atom. The van der Waals surface area contributed by atoms with E-state index in [0.717, 1.165) is 38.3 Å². The van der Waals surface area contributed by atoms with E-state index in [-0.39, 0.29) is 0 Å². The minimum absolute atomic E-state index is 0.315. The minimum atomic E-state index is 0.315. The van der Waals surface area contributed by atoms with Crippen LogP contribution < -0.4 is 9.80 Å². The van der Waals surface area contributed by atoms with Crippen LogP contribution in [0.4, 0.5) is 11.5 Å². The summed E-state index contributed by atoms with van der Waals surface area (Å²) in [5, 5.41) is 6.16. The lowest BCUT2D eigenvalue weighted by atomic mass is 10.0. The quantitative estimate of drug-likeness (QED) is 0.426. The molecular formula is C27H32N6. The smallest absolute Gasteiger partial charge is 0.147 e. The number of hydrogen-bond donors (Lipinski definition) is 0. The van der Waals surface area contributed by atoms with Gasteiger partial charge in [0.1, 0.15) is 5.82 Å². The van der Waals surface area contributed by atoms with Crippen LogP contribution in [0.1, 0.15) is 38.1 Å². The van der Waals surface area contributed by atoms with Crippen LogP contribution in [0.15, 0.2) is 67.1 Å². The van der Waals surface area contributed by atoms with E-state index >= 15 is 0 Å². The maximum Gasteiger partial charge on any atom is 0.147 e. The Labute approximate surface area is 195 Å². The summed E-state index contributed by atoms with van der Waals surface area (Å²) in [4.78, 5) is 13.9. The third-order valence-corrected chi connectivity index (χ3v) is 6.60. The number of aromatic nitrogens is 4. The second kappa shape index (κ2) is 9.22. The molecule has 1 aliphatic rings. The third-order valence-electron chi connectivity index (χ3n) is 6.60. The van der Waals surface area contributed by atoms with Gasteiger partial charge in [0, 0.05) is 49.1 Å². The highest BCUT2D eigenvalue weighted by molar-refractivity contribution is 5.85. The van der Waals surface area contributed by atoms with Crippen LogP contribution >= 0.6 is 0 Å². The van der Waals surface area contributed by atoms with Crippen molar-refractivity contribution in [1.29, 1.82) is 0 Å². The van der Waals surface area contributed by atoms with E-state index < -0.39 is 0 Å². The van der Waals surface area contributed by atoms with Crippen LogP contribution in [0.3, 0.4) is 0 Å². The van der Waals surface area contributed by atoms with Gasteiger partial charge in [0.05, 0.1) is 23.4 Å². The highest BCUT2D eigenvalue weighted by Crippen LogP contribution is 2.30. The van der Waals surface area contributed by atoms with Crippen molar-refractivity contribution in [3.05, 3.63) is 78.4 Å². The Balaban J connectivity index is 1.47. The fourth-order valence-electron chi connectivity index (χ4n) is 4.93. The highest BCUT2D eigenvalue weighted by Gasteiger charge is 2.29. The van der Waals surface area contributed by atoms with Gasteiger partial charge in [0.25, 0.3) is 0 Å². The van der Waals surface area contributed by atoms with E-state index in [1.54, 1.807) is 12.4 Å². The molecule has 0 spiro atoms. The summed E-state index contributed by atoms with van der Waals surface area (Å²) in [5.41, 5.74) is 5.03. The molecule has 2 aromatic heterocycles. The number of benzene rings is 2. The zero-order chi connectivity index (χ0) is 22.8.